The molecule has 3 aromatic rings. The number of hydrogen-bond acceptors (Lipinski definition) is 3. The van der Waals surface area contributed by atoms with Crippen molar-refractivity contribution in [3.63, 3.8) is 0 Å². The summed E-state index contributed by atoms with van der Waals surface area (Å²) >= 11 is 0. The Hall–Kier alpha value is -0.849. The summed E-state index contributed by atoms with van der Waals surface area (Å²) in [6.07, 6.45) is 3.66. The molecule has 3 nitrogen and oxygen atoms in total. The van der Waals surface area contributed by atoms with Crippen molar-refractivity contribution in [2.45, 2.75) is 34.6 Å². The second-order valence-electron chi connectivity index (χ2n) is 6.99. The van der Waals surface area contributed by atoms with Crippen LogP contribution in [-0.4, -0.2) is 17.4 Å². The van der Waals surface area contributed by atoms with Gasteiger partial charge in [-0.05, 0) is 74.6 Å². The number of halogens is 3. The number of para-hydroxylation sites is 2. The normalized spacial score (nSPS) is 10.1. The largest absolute Gasteiger partial charge is 3.00 e. The predicted octanol–water partition coefficient (Wildman–Crippen LogP) is -2.86. The number of rotatable bonds is 4. The first kappa shape index (κ1) is 32.3. The molecule has 0 aliphatic rings. The fourth-order valence-electron chi connectivity index (χ4n) is 3.13. The zero-order valence-electron chi connectivity index (χ0n) is 18.2. The molecule has 3 rings (SSSR count). The van der Waals surface area contributed by atoms with E-state index in [1.807, 2.05) is 24.6 Å². The third kappa shape index (κ3) is 8.90. The van der Waals surface area contributed by atoms with Crippen LogP contribution in [0.1, 0.15) is 39.2 Å². The van der Waals surface area contributed by atoms with Crippen LogP contribution in [0, 0.1) is 75.5 Å². The van der Waals surface area contributed by atoms with Crippen LogP contribution in [0.5, 0.6) is 0 Å². The summed E-state index contributed by atoms with van der Waals surface area (Å²) in [5, 5.41) is 0. The Morgan fingerprint density at radius 2 is 0.935 bits per heavy atom. The minimum Gasteiger partial charge on any atom is -1.00 e. The van der Waals surface area contributed by atoms with Crippen molar-refractivity contribution in [1.29, 1.82) is 0 Å². The maximum Gasteiger partial charge on any atom is 3.00 e. The van der Waals surface area contributed by atoms with Crippen molar-refractivity contribution in [1.82, 2.24) is 4.98 Å². The second-order valence-corrected chi connectivity index (χ2v) is 6.99. The van der Waals surface area contributed by atoms with E-state index in [2.05, 4.69) is 86.0 Å². The summed E-state index contributed by atoms with van der Waals surface area (Å²) < 4.78 is 0. The standard InChI is InChI=1S/C24H25N3.3ClH.Nd/c1-16-12-21(14-25-23-17(2)8-6-9-18(23)3)27-22(13-16)15-26-24-19(4)10-7-11-20(24)5;;;;/h6-15H,1-5H3;3*1H;/q;;;;+3/p-3. The van der Waals surface area contributed by atoms with Crippen molar-refractivity contribution in [3.8, 4) is 0 Å². The summed E-state index contributed by atoms with van der Waals surface area (Å²) in [5.41, 5.74) is 9.47. The molecule has 0 spiro atoms. The number of aromatic nitrogens is 1. The maximum atomic E-state index is 4.68. The van der Waals surface area contributed by atoms with E-state index < -0.39 is 0 Å². The number of nitrogens with zero attached hydrogens (tertiary/aromatic N) is 3. The Morgan fingerprint density at radius 3 is 1.26 bits per heavy atom. The van der Waals surface area contributed by atoms with Crippen LogP contribution >= 0.6 is 0 Å². The van der Waals surface area contributed by atoms with Gasteiger partial charge in [-0.2, -0.15) is 0 Å². The van der Waals surface area contributed by atoms with E-state index >= 15 is 0 Å². The molecule has 31 heavy (non-hydrogen) atoms. The van der Waals surface area contributed by atoms with Gasteiger partial charge < -0.3 is 37.2 Å². The Kier molecular flexibility index (Phi) is 15.7. The Labute approximate surface area is 237 Å². The van der Waals surface area contributed by atoms with Crippen LogP contribution in [0.2, 0.25) is 0 Å². The first-order valence-electron chi connectivity index (χ1n) is 9.13. The number of pyridine rings is 1. The van der Waals surface area contributed by atoms with Crippen molar-refractivity contribution in [3.05, 3.63) is 87.7 Å². The first-order valence-corrected chi connectivity index (χ1v) is 9.13. The molecule has 0 atom stereocenters. The zero-order chi connectivity index (χ0) is 19.4. The van der Waals surface area contributed by atoms with Crippen LogP contribution in [0.15, 0.2) is 58.5 Å². The van der Waals surface area contributed by atoms with Gasteiger partial charge in [0, 0.05) is 0 Å². The molecule has 161 valence electrons. The average molecular weight is 606 g/mol. The first-order chi connectivity index (χ1) is 12.9. The van der Waals surface area contributed by atoms with Gasteiger partial charge in [-0.25, -0.2) is 4.98 Å². The molecule has 0 bridgehead atoms. The van der Waals surface area contributed by atoms with Crippen molar-refractivity contribution < 1.29 is 78.1 Å². The molecule has 1 radical (unpaired) electrons. The minimum absolute atomic E-state index is 0. The topological polar surface area (TPSA) is 37.6 Å². The fourth-order valence-corrected chi connectivity index (χ4v) is 3.13. The average Bonchev–Trinajstić information content (AvgIpc) is 2.60. The van der Waals surface area contributed by atoms with Gasteiger partial charge in [0.25, 0.3) is 0 Å². The zero-order valence-corrected chi connectivity index (χ0v) is 23.7. The van der Waals surface area contributed by atoms with Crippen LogP contribution < -0.4 is 37.2 Å². The molecule has 1 aromatic heterocycles. The smallest absolute Gasteiger partial charge is 1.00 e. The molecule has 0 fully saturated rings. The van der Waals surface area contributed by atoms with E-state index in [-0.39, 0.29) is 78.1 Å². The predicted molar refractivity (Wildman–Crippen MR) is 115 cm³/mol. The number of benzene rings is 2. The van der Waals surface area contributed by atoms with E-state index in [1.54, 1.807) is 0 Å². The van der Waals surface area contributed by atoms with Gasteiger partial charge in [0.2, 0.25) is 0 Å². The molecule has 0 aliphatic heterocycles. The molecule has 0 aliphatic carbocycles. The molecule has 0 N–H and O–H groups in total. The summed E-state index contributed by atoms with van der Waals surface area (Å²) in [5.74, 6) is 0. The quantitative estimate of drug-likeness (QED) is 0.295. The second kappa shape index (κ2) is 15.1. The molecule has 0 unspecified atom stereocenters. The SMILES string of the molecule is Cc1cc(C=Nc2c(C)cccc2C)nc(C=Nc2c(C)cccc2C)c1.[Cl-].[Cl-].[Cl-].[Nd+3]. The number of hydrogen-bond donors (Lipinski definition) is 0. The Balaban J connectivity index is 0. The molecule has 2 aromatic carbocycles. The van der Waals surface area contributed by atoms with E-state index in [4.69, 9.17) is 0 Å². The van der Waals surface area contributed by atoms with Crippen molar-refractivity contribution in [2.75, 3.05) is 0 Å². The third-order valence-electron chi connectivity index (χ3n) is 4.54. The van der Waals surface area contributed by atoms with E-state index in [0.717, 1.165) is 50.6 Å². The van der Waals surface area contributed by atoms with Gasteiger partial charge in [0.05, 0.1) is 35.2 Å². The van der Waals surface area contributed by atoms with Crippen molar-refractivity contribution in [2.24, 2.45) is 9.98 Å². The van der Waals surface area contributed by atoms with Gasteiger partial charge >= 0.3 is 40.8 Å². The van der Waals surface area contributed by atoms with Crippen molar-refractivity contribution >= 4 is 23.8 Å². The van der Waals surface area contributed by atoms with Gasteiger partial charge in [-0.15, -0.1) is 0 Å². The molecule has 1 heterocycles. The van der Waals surface area contributed by atoms with Gasteiger partial charge in [0.1, 0.15) is 0 Å². The van der Waals surface area contributed by atoms with E-state index in [0.29, 0.717) is 0 Å². The van der Waals surface area contributed by atoms with Crippen LogP contribution in [-0.2, 0) is 0 Å². The van der Waals surface area contributed by atoms with Crippen LogP contribution in [0.4, 0.5) is 11.4 Å². The van der Waals surface area contributed by atoms with Gasteiger partial charge in [-0.1, -0.05) is 36.4 Å². The molecule has 0 saturated carbocycles. The Bertz CT molecular complexity index is 930. The summed E-state index contributed by atoms with van der Waals surface area (Å²) in [6.45, 7) is 10.4. The molecular weight excluding hydrogens is 581 g/mol. The molecule has 7 heteroatoms. The molecule has 0 saturated heterocycles. The monoisotopic (exact) mass is 602 g/mol. The summed E-state index contributed by atoms with van der Waals surface area (Å²) in [4.78, 5) is 14.0. The third-order valence-corrected chi connectivity index (χ3v) is 4.54. The summed E-state index contributed by atoms with van der Waals surface area (Å²) in [7, 11) is 0. The fraction of sp³-hybridized carbons (Fsp3) is 0.208. The summed E-state index contributed by atoms with van der Waals surface area (Å²) in [6, 6.07) is 16.5. The van der Waals surface area contributed by atoms with E-state index in [9.17, 15) is 0 Å². The van der Waals surface area contributed by atoms with Gasteiger partial charge in [-0.3, -0.25) is 9.98 Å². The van der Waals surface area contributed by atoms with Gasteiger partial charge in [0.15, 0.2) is 0 Å². The van der Waals surface area contributed by atoms with E-state index in [1.165, 1.54) is 0 Å². The minimum atomic E-state index is 0. The maximum absolute atomic E-state index is 4.68. The van der Waals surface area contributed by atoms with Crippen LogP contribution in [0.3, 0.4) is 0 Å². The Morgan fingerprint density at radius 1 is 0.613 bits per heavy atom. The number of aliphatic imine (C=N–C) groups is 2. The molecular formula is C24H25Cl3N3Nd. The number of aryl methyl sites for hydroxylation is 5. The van der Waals surface area contributed by atoms with Crippen LogP contribution in [0.25, 0.3) is 0 Å². The molecule has 0 amide bonds.